The number of aromatic amines is 2. The Labute approximate surface area is 94.3 Å². The van der Waals surface area contributed by atoms with Crippen molar-refractivity contribution in [1.29, 1.82) is 0 Å². The second kappa shape index (κ2) is 3.49. The van der Waals surface area contributed by atoms with Crippen LogP contribution in [0.2, 0.25) is 0 Å². The monoisotopic (exact) mass is 216 g/mol. The van der Waals surface area contributed by atoms with Gasteiger partial charge in [-0.1, -0.05) is 6.42 Å². The van der Waals surface area contributed by atoms with Gasteiger partial charge in [-0.15, -0.1) is 0 Å². The molecule has 0 amide bonds. The molecular formula is C12H16N4. The Morgan fingerprint density at radius 3 is 2.88 bits per heavy atom. The lowest BCUT2D eigenvalue weighted by Crippen LogP contribution is -2.42. The first-order valence-electron chi connectivity index (χ1n) is 5.73. The number of aromatic nitrogens is 3. The molecule has 1 saturated carbocycles. The maximum absolute atomic E-state index is 5.86. The first-order chi connectivity index (χ1) is 7.84. The predicted octanol–water partition coefficient (Wildman–Crippen LogP) is 1.79. The topological polar surface area (TPSA) is 70.5 Å². The lowest BCUT2D eigenvalue weighted by atomic mass is 9.68. The molecule has 0 aromatic carbocycles. The highest BCUT2D eigenvalue weighted by Gasteiger charge is 2.39. The van der Waals surface area contributed by atoms with E-state index in [1.54, 1.807) is 0 Å². The number of nitrogens with one attached hydrogen (secondary N) is 2. The van der Waals surface area contributed by atoms with Crippen LogP contribution < -0.4 is 5.73 Å². The second-order valence-electron chi connectivity index (χ2n) is 4.58. The quantitative estimate of drug-likeness (QED) is 0.732. The third kappa shape index (κ3) is 1.30. The Hall–Kier alpha value is -1.55. The molecule has 4 heteroatoms. The minimum atomic E-state index is 0.120. The number of rotatable bonds is 3. The number of hydrogen-bond acceptors (Lipinski definition) is 2. The van der Waals surface area contributed by atoms with Gasteiger partial charge < -0.3 is 15.7 Å². The van der Waals surface area contributed by atoms with Crippen molar-refractivity contribution in [2.45, 2.75) is 24.7 Å². The van der Waals surface area contributed by atoms with E-state index in [2.05, 4.69) is 15.0 Å². The summed E-state index contributed by atoms with van der Waals surface area (Å²) in [5.74, 6) is 1.05. The van der Waals surface area contributed by atoms with Crippen LogP contribution in [0, 0.1) is 0 Å². The average Bonchev–Trinajstić information content (AvgIpc) is 2.86. The SMILES string of the molecule is NCC1(c2ncc(-c3cc[nH]c3)[nH]2)CCC1. The Balaban J connectivity index is 1.93. The summed E-state index contributed by atoms with van der Waals surface area (Å²) in [6.45, 7) is 0.688. The van der Waals surface area contributed by atoms with Gasteiger partial charge in [0.15, 0.2) is 0 Å². The molecule has 4 nitrogen and oxygen atoms in total. The Bertz CT molecular complexity index is 459. The van der Waals surface area contributed by atoms with E-state index in [9.17, 15) is 0 Å². The van der Waals surface area contributed by atoms with Crippen molar-refractivity contribution < 1.29 is 0 Å². The van der Waals surface area contributed by atoms with Crippen LogP contribution in [-0.4, -0.2) is 21.5 Å². The number of H-pyrrole nitrogens is 2. The summed E-state index contributed by atoms with van der Waals surface area (Å²) in [5.41, 5.74) is 8.19. The van der Waals surface area contributed by atoms with Crippen LogP contribution in [0.4, 0.5) is 0 Å². The molecule has 0 radical (unpaired) electrons. The van der Waals surface area contributed by atoms with Crippen molar-refractivity contribution in [2.24, 2.45) is 5.73 Å². The third-order valence-electron chi connectivity index (χ3n) is 3.69. The van der Waals surface area contributed by atoms with Gasteiger partial charge in [0.05, 0.1) is 11.9 Å². The van der Waals surface area contributed by atoms with Gasteiger partial charge in [-0.25, -0.2) is 4.98 Å². The molecule has 2 heterocycles. The molecule has 1 fully saturated rings. The van der Waals surface area contributed by atoms with Gasteiger partial charge in [-0.2, -0.15) is 0 Å². The van der Waals surface area contributed by atoms with Crippen LogP contribution in [0.1, 0.15) is 25.1 Å². The molecule has 1 aliphatic carbocycles. The van der Waals surface area contributed by atoms with E-state index in [-0.39, 0.29) is 5.41 Å². The molecule has 0 atom stereocenters. The molecule has 2 aromatic heterocycles. The largest absolute Gasteiger partial charge is 0.367 e. The molecule has 84 valence electrons. The fraction of sp³-hybridized carbons (Fsp3) is 0.417. The zero-order valence-electron chi connectivity index (χ0n) is 9.16. The van der Waals surface area contributed by atoms with E-state index in [0.717, 1.165) is 29.9 Å². The molecule has 0 unspecified atom stereocenters. The second-order valence-corrected chi connectivity index (χ2v) is 4.58. The molecule has 0 bridgehead atoms. The lowest BCUT2D eigenvalue weighted by Gasteiger charge is -2.39. The molecule has 16 heavy (non-hydrogen) atoms. The molecular weight excluding hydrogens is 200 g/mol. The number of imidazole rings is 1. The Kier molecular flexibility index (Phi) is 2.11. The third-order valence-corrected chi connectivity index (χ3v) is 3.69. The van der Waals surface area contributed by atoms with Gasteiger partial charge in [0.25, 0.3) is 0 Å². The highest BCUT2D eigenvalue weighted by atomic mass is 15.0. The maximum atomic E-state index is 5.86. The van der Waals surface area contributed by atoms with Crippen molar-refractivity contribution >= 4 is 0 Å². The Morgan fingerprint density at radius 1 is 1.44 bits per heavy atom. The highest BCUT2D eigenvalue weighted by molar-refractivity contribution is 5.57. The van der Waals surface area contributed by atoms with Crippen molar-refractivity contribution in [2.75, 3.05) is 6.54 Å². The summed E-state index contributed by atoms with van der Waals surface area (Å²) in [4.78, 5) is 10.9. The summed E-state index contributed by atoms with van der Waals surface area (Å²) >= 11 is 0. The van der Waals surface area contributed by atoms with Crippen LogP contribution in [0.25, 0.3) is 11.3 Å². The summed E-state index contributed by atoms with van der Waals surface area (Å²) in [5, 5.41) is 0. The number of nitrogens with zero attached hydrogens (tertiary/aromatic N) is 1. The van der Waals surface area contributed by atoms with Gasteiger partial charge in [-0.05, 0) is 18.9 Å². The van der Waals surface area contributed by atoms with E-state index in [4.69, 9.17) is 5.73 Å². The summed E-state index contributed by atoms with van der Waals surface area (Å²) in [6.07, 6.45) is 9.35. The summed E-state index contributed by atoms with van der Waals surface area (Å²) in [6, 6.07) is 2.03. The summed E-state index contributed by atoms with van der Waals surface area (Å²) < 4.78 is 0. The lowest BCUT2D eigenvalue weighted by molar-refractivity contribution is 0.240. The van der Waals surface area contributed by atoms with E-state index in [0.29, 0.717) is 6.54 Å². The van der Waals surface area contributed by atoms with Crippen LogP contribution in [-0.2, 0) is 5.41 Å². The molecule has 0 aliphatic heterocycles. The fourth-order valence-corrected chi connectivity index (χ4v) is 2.37. The van der Waals surface area contributed by atoms with Gasteiger partial charge in [-0.3, -0.25) is 0 Å². The maximum Gasteiger partial charge on any atom is 0.114 e. The molecule has 4 N–H and O–H groups in total. The van der Waals surface area contributed by atoms with Crippen molar-refractivity contribution in [3.05, 3.63) is 30.5 Å². The van der Waals surface area contributed by atoms with Gasteiger partial charge in [0.2, 0.25) is 0 Å². The molecule has 1 aliphatic rings. The molecule has 2 aromatic rings. The van der Waals surface area contributed by atoms with Crippen LogP contribution in [0.3, 0.4) is 0 Å². The standard InChI is InChI=1S/C12H16N4/c13-8-12(3-1-4-12)11-15-7-10(16-11)9-2-5-14-6-9/h2,5-7,14H,1,3-4,8,13H2,(H,15,16). The zero-order valence-corrected chi connectivity index (χ0v) is 9.16. The van der Waals surface area contributed by atoms with Crippen molar-refractivity contribution in [1.82, 2.24) is 15.0 Å². The number of hydrogen-bond donors (Lipinski definition) is 3. The van der Waals surface area contributed by atoms with Crippen molar-refractivity contribution in [3.8, 4) is 11.3 Å². The fourth-order valence-electron chi connectivity index (χ4n) is 2.37. The first kappa shape index (κ1) is 9.66. The first-order valence-corrected chi connectivity index (χ1v) is 5.73. The minimum Gasteiger partial charge on any atom is -0.367 e. The van der Waals surface area contributed by atoms with Crippen LogP contribution in [0.5, 0.6) is 0 Å². The molecule has 3 rings (SSSR count). The van der Waals surface area contributed by atoms with E-state index >= 15 is 0 Å². The van der Waals surface area contributed by atoms with Gasteiger partial charge in [0.1, 0.15) is 5.82 Å². The van der Waals surface area contributed by atoms with Crippen molar-refractivity contribution in [3.63, 3.8) is 0 Å². The number of nitrogens with two attached hydrogens (primary N) is 1. The smallest absolute Gasteiger partial charge is 0.114 e. The normalized spacial score (nSPS) is 18.3. The molecule has 0 spiro atoms. The van der Waals surface area contributed by atoms with Crippen LogP contribution >= 0.6 is 0 Å². The van der Waals surface area contributed by atoms with Gasteiger partial charge >= 0.3 is 0 Å². The predicted molar refractivity (Wildman–Crippen MR) is 63.0 cm³/mol. The minimum absolute atomic E-state index is 0.120. The average molecular weight is 216 g/mol. The highest BCUT2D eigenvalue weighted by Crippen LogP contribution is 2.41. The molecule has 0 saturated heterocycles. The zero-order chi connectivity index (χ0) is 11.0. The summed E-state index contributed by atoms with van der Waals surface area (Å²) in [7, 11) is 0. The Morgan fingerprint density at radius 2 is 2.31 bits per heavy atom. The van der Waals surface area contributed by atoms with E-state index < -0.39 is 0 Å². The van der Waals surface area contributed by atoms with Crippen LogP contribution in [0.15, 0.2) is 24.7 Å². The van der Waals surface area contributed by atoms with E-state index in [1.165, 1.54) is 6.42 Å². The van der Waals surface area contributed by atoms with E-state index in [1.807, 2.05) is 24.7 Å². The van der Waals surface area contributed by atoms with Gasteiger partial charge in [0, 0.05) is 29.9 Å².